The summed E-state index contributed by atoms with van der Waals surface area (Å²) in [5.74, 6) is 0.582. The van der Waals surface area contributed by atoms with Gasteiger partial charge in [0.1, 0.15) is 5.82 Å². The third-order valence-corrected chi connectivity index (χ3v) is 2.81. The van der Waals surface area contributed by atoms with Crippen LogP contribution in [0.1, 0.15) is 24.2 Å². The molecule has 2 aromatic heterocycles. The highest BCUT2D eigenvalue weighted by molar-refractivity contribution is 5.89. The number of pyridine rings is 1. The molecule has 2 heterocycles. The Morgan fingerprint density at radius 1 is 1.37 bits per heavy atom. The van der Waals surface area contributed by atoms with E-state index in [9.17, 15) is 4.79 Å². The highest BCUT2D eigenvalue weighted by Crippen LogP contribution is 2.05. The van der Waals surface area contributed by atoms with Crippen molar-refractivity contribution >= 4 is 11.7 Å². The van der Waals surface area contributed by atoms with E-state index >= 15 is 0 Å². The van der Waals surface area contributed by atoms with Crippen molar-refractivity contribution in [3.8, 4) is 0 Å². The minimum atomic E-state index is -0.0137. The van der Waals surface area contributed by atoms with Gasteiger partial charge in [0.25, 0.3) is 0 Å². The average molecular weight is 258 g/mol. The van der Waals surface area contributed by atoms with Crippen molar-refractivity contribution < 1.29 is 4.79 Å². The molecule has 19 heavy (non-hydrogen) atoms. The Morgan fingerprint density at radius 2 is 2.21 bits per heavy atom. The van der Waals surface area contributed by atoms with E-state index < -0.39 is 0 Å². The fourth-order valence-corrected chi connectivity index (χ4v) is 1.93. The van der Waals surface area contributed by atoms with Gasteiger partial charge in [-0.25, -0.2) is 4.98 Å². The number of aromatic nitrogens is 3. The summed E-state index contributed by atoms with van der Waals surface area (Å²) >= 11 is 0. The molecule has 0 radical (unpaired) electrons. The number of carbonyl (C=O) groups is 1. The lowest BCUT2D eigenvalue weighted by Gasteiger charge is -2.05. The van der Waals surface area contributed by atoms with Gasteiger partial charge >= 0.3 is 0 Å². The van der Waals surface area contributed by atoms with Gasteiger partial charge in [0.05, 0.1) is 5.69 Å². The van der Waals surface area contributed by atoms with Crippen molar-refractivity contribution in [2.75, 3.05) is 5.32 Å². The van der Waals surface area contributed by atoms with Crippen molar-refractivity contribution in [2.24, 2.45) is 0 Å². The van der Waals surface area contributed by atoms with E-state index in [1.807, 2.05) is 36.7 Å². The van der Waals surface area contributed by atoms with E-state index in [0.29, 0.717) is 12.2 Å². The largest absolute Gasteiger partial charge is 0.311 e. The summed E-state index contributed by atoms with van der Waals surface area (Å²) < 4.78 is 1.93. The molecule has 0 aliphatic heterocycles. The molecule has 0 aromatic carbocycles. The molecular formula is C14H18N4O. The summed E-state index contributed by atoms with van der Waals surface area (Å²) in [5.41, 5.74) is 2.14. The standard InChI is InChI=1S/C14H18N4O/c1-11-10-12(2)18(17-11)9-5-7-14(19)16-13-6-3-4-8-15-13/h3-4,6,8,10H,5,7,9H2,1-2H3,(H,15,16,19). The number of carbonyl (C=O) groups excluding carboxylic acids is 1. The molecule has 0 unspecified atom stereocenters. The topological polar surface area (TPSA) is 59.8 Å². The molecule has 2 rings (SSSR count). The maximum absolute atomic E-state index is 11.7. The molecule has 0 spiro atoms. The van der Waals surface area contributed by atoms with Gasteiger partial charge in [-0.3, -0.25) is 9.48 Å². The number of aryl methyl sites for hydroxylation is 3. The lowest BCUT2D eigenvalue weighted by molar-refractivity contribution is -0.116. The Balaban J connectivity index is 1.77. The van der Waals surface area contributed by atoms with Crippen molar-refractivity contribution in [3.63, 3.8) is 0 Å². The maximum atomic E-state index is 11.7. The minimum absolute atomic E-state index is 0.0137. The zero-order valence-corrected chi connectivity index (χ0v) is 11.3. The van der Waals surface area contributed by atoms with Gasteiger partial charge in [-0.05, 0) is 38.5 Å². The zero-order chi connectivity index (χ0) is 13.7. The minimum Gasteiger partial charge on any atom is -0.311 e. The molecule has 5 heteroatoms. The second kappa shape index (κ2) is 6.13. The normalized spacial score (nSPS) is 10.4. The summed E-state index contributed by atoms with van der Waals surface area (Å²) in [6.45, 7) is 4.75. The van der Waals surface area contributed by atoms with Crippen LogP contribution in [0.15, 0.2) is 30.5 Å². The Kier molecular flexibility index (Phi) is 4.28. The summed E-state index contributed by atoms with van der Waals surface area (Å²) in [6, 6.07) is 7.48. The number of amides is 1. The van der Waals surface area contributed by atoms with Gasteiger partial charge in [0, 0.05) is 24.9 Å². The third kappa shape index (κ3) is 3.91. The van der Waals surface area contributed by atoms with E-state index in [0.717, 1.165) is 24.4 Å². The molecule has 0 saturated heterocycles. The molecule has 5 nitrogen and oxygen atoms in total. The van der Waals surface area contributed by atoms with Crippen LogP contribution in [0.3, 0.4) is 0 Å². The Hall–Kier alpha value is -2.17. The fourth-order valence-electron chi connectivity index (χ4n) is 1.93. The van der Waals surface area contributed by atoms with Crippen LogP contribution in [0.5, 0.6) is 0 Å². The van der Waals surface area contributed by atoms with Gasteiger partial charge in [0.2, 0.25) is 5.91 Å². The van der Waals surface area contributed by atoms with Crippen molar-refractivity contribution in [1.29, 1.82) is 0 Å². The van der Waals surface area contributed by atoms with Crippen molar-refractivity contribution in [2.45, 2.75) is 33.2 Å². The number of hydrogen-bond donors (Lipinski definition) is 1. The first-order valence-electron chi connectivity index (χ1n) is 6.37. The maximum Gasteiger partial charge on any atom is 0.225 e. The second-order valence-corrected chi connectivity index (χ2v) is 4.52. The Bertz CT molecular complexity index is 548. The fraction of sp³-hybridized carbons (Fsp3) is 0.357. The molecule has 100 valence electrons. The highest BCUT2D eigenvalue weighted by atomic mass is 16.1. The van der Waals surface area contributed by atoms with E-state index in [-0.39, 0.29) is 5.91 Å². The monoisotopic (exact) mass is 258 g/mol. The van der Waals surface area contributed by atoms with E-state index in [2.05, 4.69) is 15.4 Å². The Morgan fingerprint density at radius 3 is 2.84 bits per heavy atom. The molecule has 0 atom stereocenters. The smallest absolute Gasteiger partial charge is 0.225 e. The summed E-state index contributed by atoms with van der Waals surface area (Å²) in [7, 11) is 0. The van der Waals surface area contributed by atoms with Gasteiger partial charge in [-0.1, -0.05) is 6.07 Å². The van der Waals surface area contributed by atoms with Crippen LogP contribution in [0.4, 0.5) is 5.82 Å². The van der Waals surface area contributed by atoms with Crippen LogP contribution in [0.2, 0.25) is 0 Å². The molecule has 0 fully saturated rings. The highest BCUT2D eigenvalue weighted by Gasteiger charge is 2.05. The summed E-state index contributed by atoms with van der Waals surface area (Å²) in [4.78, 5) is 15.8. The predicted molar refractivity (Wildman–Crippen MR) is 73.8 cm³/mol. The molecule has 2 aromatic rings. The predicted octanol–water partition coefficient (Wildman–Crippen LogP) is 2.31. The number of anilines is 1. The first-order valence-corrected chi connectivity index (χ1v) is 6.37. The molecule has 0 saturated carbocycles. The average Bonchev–Trinajstić information content (AvgIpc) is 2.69. The number of nitrogens with one attached hydrogen (secondary N) is 1. The molecule has 0 aliphatic rings. The molecule has 1 amide bonds. The van der Waals surface area contributed by atoms with Crippen LogP contribution in [0, 0.1) is 13.8 Å². The number of rotatable bonds is 5. The molecule has 0 aliphatic carbocycles. The van der Waals surface area contributed by atoms with Gasteiger partial charge < -0.3 is 5.32 Å². The first-order chi connectivity index (χ1) is 9.15. The second-order valence-electron chi connectivity index (χ2n) is 4.52. The van der Waals surface area contributed by atoms with Crippen molar-refractivity contribution in [3.05, 3.63) is 41.9 Å². The van der Waals surface area contributed by atoms with Crippen LogP contribution in [-0.2, 0) is 11.3 Å². The number of hydrogen-bond acceptors (Lipinski definition) is 3. The van der Waals surface area contributed by atoms with Crippen molar-refractivity contribution in [1.82, 2.24) is 14.8 Å². The van der Waals surface area contributed by atoms with E-state index in [1.165, 1.54) is 0 Å². The van der Waals surface area contributed by atoms with E-state index in [4.69, 9.17) is 0 Å². The lowest BCUT2D eigenvalue weighted by Crippen LogP contribution is -2.13. The van der Waals surface area contributed by atoms with E-state index in [1.54, 1.807) is 12.3 Å². The van der Waals surface area contributed by atoms with Gasteiger partial charge in [-0.2, -0.15) is 5.10 Å². The zero-order valence-electron chi connectivity index (χ0n) is 11.3. The van der Waals surface area contributed by atoms with Crippen LogP contribution in [0.25, 0.3) is 0 Å². The quantitative estimate of drug-likeness (QED) is 0.895. The third-order valence-electron chi connectivity index (χ3n) is 2.81. The SMILES string of the molecule is Cc1cc(C)n(CCCC(=O)Nc2ccccn2)n1. The molecular weight excluding hydrogens is 240 g/mol. The first kappa shape index (κ1) is 13.3. The molecule has 1 N–H and O–H groups in total. The molecule has 0 bridgehead atoms. The van der Waals surface area contributed by atoms with Crippen LogP contribution < -0.4 is 5.32 Å². The lowest BCUT2D eigenvalue weighted by atomic mass is 10.3. The summed E-state index contributed by atoms with van der Waals surface area (Å²) in [5, 5.41) is 7.13. The van der Waals surface area contributed by atoms with Gasteiger partial charge in [-0.15, -0.1) is 0 Å². The van der Waals surface area contributed by atoms with Crippen LogP contribution >= 0.6 is 0 Å². The Labute approximate surface area is 112 Å². The van der Waals surface area contributed by atoms with Gasteiger partial charge in [0.15, 0.2) is 0 Å². The number of nitrogens with zero attached hydrogens (tertiary/aromatic N) is 3. The van der Waals surface area contributed by atoms with Crippen LogP contribution in [-0.4, -0.2) is 20.7 Å². The summed E-state index contributed by atoms with van der Waals surface area (Å²) in [6.07, 6.45) is 2.89.